The molecule has 0 spiro atoms. The first kappa shape index (κ1) is 12.2. The van der Waals surface area contributed by atoms with E-state index in [1.807, 2.05) is 37.3 Å². The van der Waals surface area contributed by atoms with E-state index in [0.717, 1.165) is 5.56 Å². The molecular formula is C13H20OSi. The van der Waals surface area contributed by atoms with Crippen LogP contribution in [0.3, 0.4) is 0 Å². The highest BCUT2D eigenvalue weighted by Crippen LogP contribution is 2.16. The van der Waals surface area contributed by atoms with Gasteiger partial charge in [-0.3, -0.25) is 0 Å². The van der Waals surface area contributed by atoms with Crippen molar-refractivity contribution in [1.82, 2.24) is 0 Å². The van der Waals surface area contributed by atoms with Crippen molar-refractivity contribution in [2.24, 2.45) is 0 Å². The van der Waals surface area contributed by atoms with Crippen LogP contribution in [0, 0.1) is 6.92 Å². The number of aliphatic hydroxyl groups is 1. The first-order valence-electron chi connectivity index (χ1n) is 5.32. The Labute approximate surface area is 93.5 Å². The molecule has 0 aromatic heterocycles. The zero-order valence-corrected chi connectivity index (χ0v) is 11.0. The van der Waals surface area contributed by atoms with E-state index in [0.29, 0.717) is 0 Å². The molecule has 0 saturated carbocycles. The number of rotatable bonds is 3. The van der Waals surface area contributed by atoms with Gasteiger partial charge in [-0.15, -0.1) is 0 Å². The Kier molecular flexibility index (Phi) is 3.88. The first-order chi connectivity index (χ1) is 6.88. The van der Waals surface area contributed by atoms with Gasteiger partial charge in [-0.05, 0) is 12.5 Å². The monoisotopic (exact) mass is 220 g/mol. The van der Waals surface area contributed by atoms with Crippen molar-refractivity contribution in [3.63, 3.8) is 0 Å². The van der Waals surface area contributed by atoms with Crippen molar-refractivity contribution in [3.05, 3.63) is 47.2 Å². The number of aryl methyl sites for hydroxylation is 1. The van der Waals surface area contributed by atoms with Crippen LogP contribution in [0.4, 0.5) is 0 Å². The highest BCUT2D eigenvalue weighted by Gasteiger charge is 2.09. The molecule has 1 aromatic carbocycles. The smallest absolute Gasteiger partial charge is 0.0968 e. The largest absolute Gasteiger partial charge is 0.384 e. The second kappa shape index (κ2) is 4.77. The number of hydrogen-bond donors (Lipinski definition) is 1. The molecule has 2 heteroatoms. The molecule has 0 bridgehead atoms. The summed E-state index contributed by atoms with van der Waals surface area (Å²) in [5.41, 5.74) is 4.37. The van der Waals surface area contributed by atoms with Gasteiger partial charge in [0, 0.05) is 0 Å². The van der Waals surface area contributed by atoms with Crippen molar-refractivity contribution in [1.29, 1.82) is 0 Å². The molecule has 1 N–H and O–H groups in total. The van der Waals surface area contributed by atoms with Crippen molar-refractivity contribution in [3.8, 4) is 0 Å². The summed E-state index contributed by atoms with van der Waals surface area (Å²) in [6.45, 7) is 8.82. The highest BCUT2D eigenvalue weighted by molar-refractivity contribution is 6.80. The third-order valence-electron chi connectivity index (χ3n) is 2.20. The minimum absolute atomic E-state index is 0.461. The van der Waals surface area contributed by atoms with E-state index < -0.39 is 14.2 Å². The molecule has 0 aliphatic rings. The molecule has 1 nitrogen and oxygen atoms in total. The third kappa shape index (κ3) is 4.45. The average Bonchev–Trinajstić information content (AvgIpc) is 2.14. The molecule has 0 heterocycles. The summed E-state index contributed by atoms with van der Waals surface area (Å²) < 4.78 is 0. The number of aliphatic hydroxyl groups excluding tert-OH is 1. The van der Waals surface area contributed by atoms with Gasteiger partial charge in [-0.2, -0.15) is 0 Å². The summed E-state index contributed by atoms with van der Waals surface area (Å²) in [6.07, 6.45) is 1.45. The van der Waals surface area contributed by atoms with Crippen LogP contribution in [0.1, 0.15) is 17.2 Å². The van der Waals surface area contributed by atoms with E-state index in [1.165, 1.54) is 5.56 Å². The second-order valence-electron chi connectivity index (χ2n) is 5.08. The summed E-state index contributed by atoms with van der Waals surface area (Å²) in [7, 11) is -1.20. The van der Waals surface area contributed by atoms with Gasteiger partial charge in [-0.1, -0.05) is 61.2 Å². The maximum atomic E-state index is 9.91. The Bertz CT molecular complexity index is 333. The fourth-order valence-electron chi connectivity index (χ4n) is 1.25. The molecule has 82 valence electrons. The Morgan fingerprint density at radius 1 is 1.13 bits per heavy atom. The van der Waals surface area contributed by atoms with Gasteiger partial charge in [0.1, 0.15) is 0 Å². The van der Waals surface area contributed by atoms with E-state index in [4.69, 9.17) is 0 Å². The predicted octanol–water partition coefficient (Wildman–Crippen LogP) is 3.46. The lowest BCUT2D eigenvalue weighted by atomic mass is 10.1. The van der Waals surface area contributed by atoms with Crippen molar-refractivity contribution >= 4 is 8.07 Å². The van der Waals surface area contributed by atoms with Gasteiger partial charge in [-0.25, -0.2) is 0 Å². The van der Waals surface area contributed by atoms with E-state index >= 15 is 0 Å². The maximum Gasteiger partial charge on any atom is 0.0968 e. The van der Waals surface area contributed by atoms with Gasteiger partial charge < -0.3 is 5.11 Å². The molecule has 0 saturated heterocycles. The van der Waals surface area contributed by atoms with E-state index in [9.17, 15) is 5.11 Å². The van der Waals surface area contributed by atoms with E-state index in [-0.39, 0.29) is 0 Å². The van der Waals surface area contributed by atoms with Crippen molar-refractivity contribution in [2.45, 2.75) is 32.7 Å². The number of benzene rings is 1. The predicted molar refractivity (Wildman–Crippen MR) is 68.6 cm³/mol. The van der Waals surface area contributed by atoms with Crippen molar-refractivity contribution < 1.29 is 5.11 Å². The molecule has 1 aromatic rings. The van der Waals surface area contributed by atoms with Gasteiger partial charge in [0.15, 0.2) is 0 Å². The molecule has 0 aliphatic carbocycles. The third-order valence-corrected chi connectivity index (χ3v) is 3.39. The normalized spacial score (nSPS) is 14.5. The van der Waals surface area contributed by atoms with Crippen LogP contribution in [0.15, 0.2) is 36.0 Å². The maximum absolute atomic E-state index is 9.91. The molecular weight excluding hydrogens is 200 g/mol. The zero-order chi connectivity index (χ0) is 11.5. The van der Waals surface area contributed by atoms with Gasteiger partial charge in [0.05, 0.1) is 14.2 Å². The average molecular weight is 220 g/mol. The molecule has 0 aliphatic heterocycles. The van der Waals surface area contributed by atoms with Crippen LogP contribution in [0.25, 0.3) is 0 Å². The summed E-state index contributed by atoms with van der Waals surface area (Å²) in [5, 5.41) is 9.91. The molecule has 1 atom stereocenters. The lowest BCUT2D eigenvalue weighted by Crippen LogP contribution is -2.16. The minimum atomic E-state index is -1.20. The van der Waals surface area contributed by atoms with E-state index in [2.05, 4.69) is 25.3 Å². The van der Waals surface area contributed by atoms with Crippen molar-refractivity contribution in [2.75, 3.05) is 0 Å². The standard InChI is InChI=1S/C13H20OSi/c1-11-5-7-12(8-6-11)13(14)9-10-15(2,3)4/h5-10,13-14H,1-4H3/b10-9+. The topological polar surface area (TPSA) is 20.2 Å². The molecule has 0 fully saturated rings. The SMILES string of the molecule is Cc1ccc(C(O)/C=C/[Si](C)(C)C)cc1. The van der Waals surface area contributed by atoms with Crippen LogP contribution < -0.4 is 0 Å². The highest BCUT2D eigenvalue weighted by atomic mass is 28.3. The Hall–Kier alpha value is -0.863. The summed E-state index contributed by atoms with van der Waals surface area (Å²) >= 11 is 0. The Balaban J connectivity index is 2.73. The Morgan fingerprint density at radius 2 is 1.67 bits per heavy atom. The summed E-state index contributed by atoms with van der Waals surface area (Å²) in [5.74, 6) is 0. The minimum Gasteiger partial charge on any atom is -0.384 e. The summed E-state index contributed by atoms with van der Waals surface area (Å²) in [6, 6.07) is 8.02. The fraction of sp³-hybridized carbons (Fsp3) is 0.385. The Morgan fingerprint density at radius 3 is 2.13 bits per heavy atom. The molecule has 1 rings (SSSR count). The first-order valence-corrected chi connectivity index (χ1v) is 8.90. The van der Waals surface area contributed by atoms with Crippen LogP contribution >= 0.6 is 0 Å². The van der Waals surface area contributed by atoms with E-state index in [1.54, 1.807) is 0 Å². The quantitative estimate of drug-likeness (QED) is 0.773. The zero-order valence-electron chi connectivity index (χ0n) is 9.99. The van der Waals surface area contributed by atoms with Crippen LogP contribution in [-0.2, 0) is 0 Å². The molecule has 1 unspecified atom stereocenters. The summed E-state index contributed by atoms with van der Waals surface area (Å²) in [4.78, 5) is 0. The lowest BCUT2D eigenvalue weighted by Gasteiger charge is -2.11. The molecule has 15 heavy (non-hydrogen) atoms. The fourth-order valence-corrected chi connectivity index (χ4v) is 2.01. The van der Waals surface area contributed by atoms with Crippen LogP contribution in [0.2, 0.25) is 19.6 Å². The molecule has 0 radical (unpaired) electrons. The molecule has 0 amide bonds. The lowest BCUT2D eigenvalue weighted by molar-refractivity contribution is 0.229. The van der Waals surface area contributed by atoms with Gasteiger partial charge in [0.2, 0.25) is 0 Å². The van der Waals surface area contributed by atoms with Gasteiger partial charge >= 0.3 is 0 Å². The van der Waals surface area contributed by atoms with Crippen LogP contribution in [-0.4, -0.2) is 13.2 Å². The number of hydrogen-bond acceptors (Lipinski definition) is 1. The van der Waals surface area contributed by atoms with Crippen LogP contribution in [0.5, 0.6) is 0 Å². The second-order valence-corrected chi connectivity index (χ2v) is 10.1. The van der Waals surface area contributed by atoms with Gasteiger partial charge in [0.25, 0.3) is 0 Å².